The first-order chi connectivity index (χ1) is 51.4. The van der Waals surface area contributed by atoms with Crippen LogP contribution in [0.4, 0.5) is 48.3 Å². The summed E-state index contributed by atoms with van der Waals surface area (Å²) >= 11 is 0. The van der Waals surface area contributed by atoms with Gasteiger partial charge in [-0.05, 0) is 154 Å². The van der Waals surface area contributed by atoms with Crippen LogP contribution in [0.5, 0.6) is 0 Å². The minimum atomic E-state index is -4.19. The van der Waals surface area contributed by atoms with Gasteiger partial charge in [0.15, 0.2) is 0 Å². The second kappa shape index (κ2) is 43.1. The quantitative estimate of drug-likeness (QED) is 0.0485. The number of aromatic nitrogens is 5. The molecule has 6 atom stereocenters. The first-order valence-corrected chi connectivity index (χ1v) is 38.8. The summed E-state index contributed by atoms with van der Waals surface area (Å²) in [6, 6.07) is 20.6. The molecule has 6 aliphatic rings. The lowest BCUT2D eigenvalue weighted by molar-refractivity contribution is -0.145. The van der Waals surface area contributed by atoms with Gasteiger partial charge >= 0.3 is 18.5 Å². The normalized spacial score (nSPS) is 20.7. The second-order valence-corrected chi connectivity index (χ2v) is 31.8. The van der Waals surface area contributed by atoms with Crippen molar-refractivity contribution in [3.8, 4) is 0 Å². The molecule has 3 unspecified atom stereocenters. The molecule has 0 aliphatic carbocycles. The molecule has 16 nitrogen and oxygen atoms in total. The minimum Gasteiger partial charge on any atom is -0.381 e. The Balaban J connectivity index is 0.000000190. The third-order valence-corrected chi connectivity index (χ3v) is 20.4. The van der Waals surface area contributed by atoms with E-state index in [1.165, 1.54) is 52.8 Å². The second-order valence-electron chi connectivity index (χ2n) is 31.8. The molecule has 5 aromatic heterocycles. The van der Waals surface area contributed by atoms with Gasteiger partial charge in [0, 0.05) is 144 Å². The maximum atomic E-state index is 12.5. The fourth-order valence-corrected chi connectivity index (χ4v) is 14.4. The summed E-state index contributed by atoms with van der Waals surface area (Å²) in [4.78, 5) is 31.5. The van der Waals surface area contributed by atoms with Crippen molar-refractivity contribution in [2.45, 2.75) is 231 Å². The van der Waals surface area contributed by atoms with E-state index in [2.05, 4.69) is 71.8 Å². The Morgan fingerprint density at radius 1 is 0.385 bits per heavy atom. The Kier molecular flexibility index (Phi) is 35.9. The van der Waals surface area contributed by atoms with E-state index < -0.39 is 44.6 Å². The topological polar surface area (TPSA) is 136 Å². The van der Waals surface area contributed by atoms with E-state index in [0.717, 1.165) is 146 Å². The molecule has 109 heavy (non-hydrogen) atoms. The van der Waals surface area contributed by atoms with Crippen LogP contribution >= 0.6 is 0 Å². The Bertz CT molecular complexity index is 3280. The average Bonchev–Trinajstić information content (AvgIpc) is 1.50. The number of methoxy groups -OCH3 is 1. The van der Waals surface area contributed by atoms with Crippen molar-refractivity contribution >= 4 is 0 Å². The third-order valence-electron chi connectivity index (χ3n) is 20.4. The molecule has 0 spiro atoms. The van der Waals surface area contributed by atoms with E-state index in [0.29, 0.717) is 82.6 Å². The van der Waals surface area contributed by atoms with Gasteiger partial charge in [-0.2, -0.15) is 39.5 Å². The van der Waals surface area contributed by atoms with E-state index in [1.807, 2.05) is 85.1 Å². The average molecular weight is 1550 g/mol. The number of nitrogens with zero attached hydrogens (tertiary/aromatic N) is 10. The molecule has 612 valence electrons. The van der Waals surface area contributed by atoms with Crippen molar-refractivity contribution in [3.63, 3.8) is 0 Å². The van der Waals surface area contributed by atoms with Crippen LogP contribution in [0.15, 0.2) is 60.7 Å². The van der Waals surface area contributed by atoms with Crippen LogP contribution in [-0.4, -0.2) is 221 Å². The van der Waals surface area contributed by atoms with E-state index in [9.17, 15) is 48.3 Å². The Hall–Kier alpha value is -5.46. The summed E-state index contributed by atoms with van der Waals surface area (Å²) in [5.74, 6) is 3.13. The van der Waals surface area contributed by atoms with Gasteiger partial charge in [0.25, 0.3) is 6.43 Å². The molecular formula is C82H121F11N10O6. The molecule has 0 aromatic carbocycles. The molecule has 11 heterocycles. The van der Waals surface area contributed by atoms with Gasteiger partial charge in [0.2, 0.25) is 0 Å². The van der Waals surface area contributed by atoms with Crippen LogP contribution in [-0.2, 0) is 61.1 Å². The van der Waals surface area contributed by atoms with Crippen molar-refractivity contribution < 1.29 is 76.7 Å². The predicted octanol–water partition coefficient (Wildman–Crippen LogP) is 17.4. The highest BCUT2D eigenvalue weighted by molar-refractivity contribution is 5.33. The Labute approximate surface area is 640 Å². The summed E-state index contributed by atoms with van der Waals surface area (Å²) in [7, 11) is 7.96. The molecule has 0 bridgehead atoms. The molecule has 0 amide bonds. The molecule has 0 saturated carbocycles. The van der Waals surface area contributed by atoms with Crippen molar-refractivity contribution in [2.24, 2.45) is 0 Å². The van der Waals surface area contributed by atoms with E-state index in [-0.39, 0.29) is 61.7 Å². The van der Waals surface area contributed by atoms with Crippen LogP contribution < -0.4 is 0 Å². The molecular weight excluding hydrogens is 1430 g/mol. The van der Waals surface area contributed by atoms with Gasteiger partial charge in [-0.15, -0.1) is 0 Å². The zero-order chi connectivity index (χ0) is 79.9. The lowest BCUT2D eigenvalue weighted by Gasteiger charge is -2.22. The zero-order valence-corrected chi connectivity index (χ0v) is 66.9. The third kappa shape index (κ3) is 30.4. The fraction of sp³-hybridized carbons (Fsp3) is 0.695. The highest BCUT2D eigenvalue weighted by atomic mass is 19.4. The van der Waals surface area contributed by atoms with Gasteiger partial charge in [-0.3, -0.25) is 49.4 Å². The number of likely N-dealkylation sites (tertiary alicyclic amines) is 1. The smallest absolute Gasteiger partial charge is 0.381 e. The van der Waals surface area contributed by atoms with Crippen LogP contribution in [0.25, 0.3) is 0 Å². The largest absolute Gasteiger partial charge is 0.401 e. The van der Waals surface area contributed by atoms with Crippen LogP contribution in [0.1, 0.15) is 252 Å². The number of alkyl halides is 11. The summed E-state index contributed by atoms with van der Waals surface area (Å²) in [6.07, 6.45) is -8.58. The monoisotopic (exact) mass is 1550 g/mol. The molecule has 0 radical (unpaired) electrons. The van der Waals surface area contributed by atoms with Crippen molar-refractivity contribution in [1.82, 2.24) is 49.4 Å². The standard InChI is InChI=1S/C18H28N2O2.3C16H23F3N2O.C16H24F2N2O/c1-13(2)17-5-4-16(14-7-9-22-12-14)18(19-17)11-20-8-6-15(10-20)21-3;3*1-11(2)14-5-4-13(12-6-7-22-9-12)15(20-14)8-21(3)10-16(17,18)19;1-11(2)14-5-4-13(12-6-7-21-10-12)15(19-14)8-20(3)9-16(17)18/h4-5,13-15H,6-12H2,1-3H3;3*4-5,11-12H,6-10H2,1-3H3;4-5,11-12,16H,6-10H2,1-3H3/t14?,15-;2*12-;;/m110../s1. The SMILES string of the molecule is CC(C)c1ccc(C2CCOC2)c(CN(C)CC(F)(F)F)n1.CC(C)c1ccc(C2CCOC2)c(CN(C)CC(F)F)n1.CC(C)c1ccc([C@@H]2CCOC2)c(CN(C)CC(F)(F)F)n1.CC(C)c1ccc([C@H]2CCOC2)c(CN(C)CC(F)(F)F)n1.CO[C@@H]1CCN(Cc2nc(C(C)C)ccc2C2CCOC2)C1. The number of halogens is 11. The molecule has 6 fully saturated rings. The zero-order valence-electron chi connectivity index (χ0n) is 66.9. The number of pyridine rings is 5. The number of hydrogen-bond donors (Lipinski definition) is 0. The molecule has 11 rings (SSSR count). The van der Waals surface area contributed by atoms with Gasteiger partial charge < -0.3 is 28.4 Å². The Morgan fingerprint density at radius 2 is 0.633 bits per heavy atom. The molecule has 5 aromatic rings. The summed E-state index contributed by atoms with van der Waals surface area (Å²) in [5.41, 5.74) is 15.0. The molecule has 6 saturated heterocycles. The first kappa shape index (κ1) is 90.7. The highest BCUT2D eigenvalue weighted by Gasteiger charge is 2.35. The lowest BCUT2D eigenvalue weighted by Crippen LogP contribution is -2.31. The van der Waals surface area contributed by atoms with Crippen molar-refractivity contribution in [3.05, 3.63) is 145 Å². The van der Waals surface area contributed by atoms with Crippen LogP contribution in [0.3, 0.4) is 0 Å². The van der Waals surface area contributed by atoms with Gasteiger partial charge in [0.05, 0.1) is 93.8 Å². The number of hydrogen-bond acceptors (Lipinski definition) is 16. The van der Waals surface area contributed by atoms with Crippen LogP contribution in [0, 0.1) is 0 Å². The highest BCUT2D eigenvalue weighted by Crippen LogP contribution is 2.36. The predicted molar refractivity (Wildman–Crippen MR) is 403 cm³/mol. The van der Waals surface area contributed by atoms with E-state index in [4.69, 9.17) is 38.4 Å². The van der Waals surface area contributed by atoms with Gasteiger partial charge in [-0.1, -0.05) is 99.6 Å². The van der Waals surface area contributed by atoms with Crippen molar-refractivity contribution in [2.75, 3.05) is 141 Å². The maximum absolute atomic E-state index is 12.5. The number of ether oxygens (including phenoxy) is 6. The Morgan fingerprint density at radius 3 is 0.844 bits per heavy atom. The molecule has 27 heteroatoms. The molecule has 6 aliphatic heterocycles. The summed E-state index contributed by atoms with van der Waals surface area (Å²) in [5, 5.41) is 0. The van der Waals surface area contributed by atoms with E-state index in [1.54, 1.807) is 11.9 Å². The van der Waals surface area contributed by atoms with Gasteiger partial charge in [0.1, 0.15) is 0 Å². The van der Waals surface area contributed by atoms with E-state index >= 15 is 0 Å². The first-order valence-electron chi connectivity index (χ1n) is 38.8. The molecule has 0 N–H and O–H groups in total. The van der Waals surface area contributed by atoms with Crippen LogP contribution in [0.2, 0.25) is 0 Å². The summed E-state index contributed by atoms with van der Waals surface area (Å²) < 4.78 is 171. The number of rotatable bonds is 26. The van der Waals surface area contributed by atoms with Gasteiger partial charge in [-0.25, -0.2) is 8.78 Å². The maximum Gasteiger partial charge on any atom is 0.401 e. The van der Waals surface area contributed by atoms with Crippen molar-refractivity contribution in [1.29, 1.82) is 0 Å². The lowest BCUT2D eigenvalue weighted by atomic mass is 9.95. The minimum absolute atomic E-state index is 0.200. The fourth-order valence-electron chi connectivity index (χ4n) is 14.4. The summed E-state index contributed by atoms with van der Waals surface area (Å²) in [6.45, 7) is 29.1.